The first kappa shape index (κ1) is 39.8. The van der Waals surface area contributed by atoms with Crippen LogP contribution in [0.3, 0.4) is 0 Å². The summed E-state index contributed by atoms with van der Waals surface area (Å²) in [5, 5.41) is 0. The van der Waals surface area contributed by atoms with Gasteiger partial charge in [0.1, 0.15) is 0 Å². The van der Waals surface area contributed by atoms with Gasteiger partial charge in [0.2, 0.25) is 0 Å². The normalized spacial score (nSPS) is 2.33. The van der Waals surface area contributed by atoms with Gasteiger partial charge in [-0.1, -0.05) is 14.9 Å². The maximum atomic E-state index is 2.00. The lowest BCUT2D eigenvalue weighted by Crippen LogP contribution is -1.30. The van der Waals surface area contributed by atoms with Crippen molar-refractivity contribution in [3.63, 3.8) is 0 Å². The van der Waals surface area contributed by atoms with Crippen LogP contribution in [0, 0.1) is 13.8 Å². The molecule has 0 aromatic heterocycles. The van der Waals surface area contributed by atoms with Crippen LogP contribution in [0.2, 0.25) is 0 Å². The van der Waals surface area contributed by atoms with Gasteiger partial charge in [0.25, 0.3) is 0 Å². The molecular formula is C6H18. The standard InChI is InChI=1S/C3H7.2CH4.CH3/c1-3-2;;;/h3H,1-2H3;2*1H4;1H3/q+1;;;-1. The van der Waals surface area contributed by atoms with Crippen molar-refractivity contribution in [2.24, 2.45) is 0 Å². The third kappa shape index (κ3) is 1890. The van der Waals surface area contributed by atoms with Crippen LogP contribution in [0.1, 0.15) is 28.7 Å². The van der Waals surface area contributed by atoms with Gasteiger partial charge in [-0.25, -0.2) is 0 Å². The van der Waals surface area contributed by atoms with E-state index in [0.717, 1.165) is 0 Å². The van der Waals surface area contributed by atoms with Gasteiger partial charge in [-0.2, -0.15) is 0 Å². The van der Waals surface area contributed by atoms with E-state index in [1.807, 2.05) is 20.3 Å². The summed E-state index contributed by atoms with van der Waals surface area (Å²) < 4.78 is 0. The lowest BCUT2D eigenvalue weighted by atomic mass is 10.6. The molecule has 0 aromatic carbocycles. The lowest BCUT2D eigenvalue weighted by molar-refractivity contribution is 1.41. The highest BCUT2D eigenvalue weighted by atomic mass is 13.4. The fourth-order valence-corrected chi connectivity index (χ4v) is 0. The van der Waals surface area contributed by atoms with Crippen molar-refractivity contribution in [2.75, 3.05) is 0 Å². The third-order valence-corrected chi connectivity index (χ3v) is 0. The molecule has 6 heavy (non-hydrogen) atoms. The molecule has 42 valence electrons. The van der Waals surface area contributed by atoms with Crippen LogP contribution in [0.25, 0.3) is 0 Å². The summed E-state index contributed by atoms with van der Waals surface area (Å²) in [5.41, 5.74) is 0. The van der Waals surface area contributed by atoms with E-state index in [1.165, 1.54) is 0 Å². The highest BCUT2D eigenvalue weighted by Crippen LogP contribution is 1.53. The molecule has 0 atom stereocenters. The zero-order valence-corrected chi connectivity index (χ0v) is 3.58. The Bertz CT molecular complexity index is 0. The first-order valence-electron chi connectivity index (χ1n) is 1.15. The maximum absolute atomic E-state index is 2.00. The van der Waals surface area contributed by atoms with Gasteiger partial charge in [-0.05, 0) is 0 Å². The van der Waals surface area contributed by atoms with Gasteiger partial charge >= 0.3 is 0 Å². The van der Waals surface area contributed by atoms with Crippen LogP contribution in [0.15, 0.2) is 0 Å². The van der Waals surface area contributed by atoms with Gasteiger partial charge in [-0.3, -0.25) is 0 Å². The first-order chi connectivity index (χ1) is 1.41. The van der Waals surface area contributed by atoms with E-state index in [4.69, 9.17) is 0 Å². The zero-order valence-electron chi connectivity index (χ0n) is 3.58. The molecule has 0 nitrogen and oxygen atoms in total. The smallest absolute Gasteiger partial charge is 0.0768 e. The highest BCUT2D eigenvalue weighted by molar-refractivity contribution is 4.34. The fraction of sp³-hybridized carbons (Fsp3) is 0.667. The molecule has 0 saturated heterocycles. The largest absolute Gasteiger partial charge is 0.358 e. The van der Waals surface area contributed by atoms with Crippen LogP contribution >= 0.6 is 0 Å². The summed E-state index contributed by atoms with van der Waals surface area (Å²) in [5.74, 6) is 0. The van der Waals surface area contributed by atoms with Gasteiger partial charge < -0.3 is 7.43 Å². The SMILES string of the molecule is C.C.C[CH+]C.[CH3-]. The summed E-state index contributed by atoms with van der Waals surface area (Å²) in [6.07, 6.45) is 2.00. The topological polar surface area (TPSA) is 0 Å². The minimum absolute atomic E-state index is 0. The second-order valence-corrected chi connectivity index (χ2v) is 0.577. The second kappa shape index (κ2) is 96.4. The van der Waals surface area contributed by atoms with Crippen LogP contribution < -0.4 is 0 Å². The predicted octanol–water partition coefficient (Wildman–Crippen LogP) is 2.95. The molecule has 0 aliphatic rings. The van der Waals surface area contributed by atoms with Crippen molar-refractivity contribution < 1.29 is 0 Å². The van der Waals surface area contributed by atoms with Crippen molar-refractivity contribution >= 4 is 0 Å². The molecule has 0 heterocycles. The quantitative estimate of drug-likeness (QED) is 0.401. The molecule has 0 aliphatic carbocycles. The Balaban J connectivity index is -0.00000000667. The summed E-state index contributed by atoms with van der Waals surface area (Å²) >= 11 is 0. The molecule has 0 unspecified atom stereocenters. The van der Waals surface area contributed by atoms with E-state index < -0.39 is 0 Å². The van der Waals surface area contributed by atoms with Crippen molar-refractivity contribution in [3.8, 4) is 0 Å². The van der Waals surface area contributed by atoms with Crippen LogP contribution in [0.5, 0.6) is 0 Å². The molecular weight excluding hydrogens is 72.1 g/mol. The fourth-order valence-electron chi connectivity index (χ4n) is 0. The minimum Gasteiger partial charge on any atom is -0.358 e. The number of hydrogen-bond acceptors (Lipinski definition) is 0. The van der Waals surface area contributed by atoms with E-state index in [1.54, 1.807) is 0 Å². The van der Waals surface area contributed by atoms with Gasteiger partial charge in [0, 0.05) is 0 Å². The Hall–Kier alpha value is -0.130. The average molecular weight is 90.2 g/mol. The Labute approximate surface area is 43.6 Å². The van der Waals surface area contributed by atoms with Gasteiger partial charge in [-0.15, -0.1) is 0 Å². The molecule has 0 bridgehead atoms. The molecule has 0 aromatic rings. The van der Waals surface area contributed by atoms with Crippen molar-refractivity contribution in [1.82, 2.24) is 0 Å². The van der Waals surface area contributed by atoms with E-state index >= 15 is 0 Å². The molecule has 0 spiro atoms. The van der Waals surface area contributed by atoms with Crippen LogP contribution in [0.4, 0.5) is 0 Å². The molecule has 0 heteroatoms. The zero-order chi connectivity index (χ0) is 2.71. The Kier molecular flexibility index (Phi) is 639. The summed E-state index contributed by atoms with van der Waals surface area (Å²) in [6, 6.07) is 0. The summed E-state index contributed by atoms with van der Waals surface area (Å²) in [7, 11) is 0. The van der Waals surface area contributed by atoms with Gasteiger partial charge in [0.05, 0.1) is 20.3 Å². The van der Waals surface area contributed by atoms with Crippen LogP contribution in [-0.2, 0) is 0 Å². The molecule has 0 amide bonds. The summed E-state index contributed by atoms with van der Waals surface area (Å²) in [4.78, 5) is 0. The Morgan fingerprint density at radius 1 is 1.00 bits per heavy atom. The minimum atomic E-state index is 0. The van der Waals surface area contributed by atoms with E-state index in [9.17, 15) is 0 Å². The maximum Gasteiger partial charge on any atom is 0.0768 e. The molecule has 0 N–H and O–H groups in total. The predicted molar refractivity (Wildman–Crippen MR) is 35.5 cm³/mol. The van der Waals surface area contributed by atoms with Crippen molar-refractivity contribution in [1.29, 1.82) is 0 Å². The molecule has 0 fully saturated rings. The number of hydrogen-bond donors (Lipinski definition) is 0. The highest BCUT2D eigenvalue weighted by Gasteiger charge is 1.49. The average Bonchev–Trinajstić information content (AvgIpc) is 0.918. The molecule has 0 aliphatic heterocycles. The van der Waals surface area contributed by atoms with E-state index in [-0.39, 0.29) is 22.3 Å². The number of rotatable bonds is 0. The Morgan fingerprint density at radius 3 is 1.00 bits per heavy atom. The van der Waals surface area contributed by atoms with Crippen LogP contribution in [-0.4, -0.2) is 0 Å². The Morgan fingerprint density at radius 2 is 1.00 bits per heavy atom. The van der Waals surface area contributed by atoms with Crippen molar-refractivity contribution in [3.05, 3.63) is 13.8 Å². The second-order valence-electron chi connectivity index (χ2n) is 0.577. The lowest BCUT2D eigenvalue weighted by Gasteiger charge is -1.34. The molecule has 0 rings (SSSR count). The monoisotopic (exact) mass is 90.1 g/mol. The van der Waals surface area contributed by atoms with Crippen molar-refractivity contribution in [2.45, 2.75) is 28.7 Å². The molecule has 0 saturated carbocycles. The van der Waals surface area contributed by atoms with E-state index in [0.29, 0.717) is 0 Å². The molecule has 0 radical (unpaired) electrons. The van der Waals surface area contributed by atoms with Gasteiger partial charge in [0.15, 0.2) is 0 Å². The summed E-state index contributed by atoms with van der Waals surface area (Å²) in [6.45, 7) is 4.00. The van der Waals surface area contributed by atoms with E-state index in [2.05, 4.69) is 0 Å². The third-order valence-electron chi connectivity index (χ3n) is 0. The first-order valence-corrected chi connectivity index (χ1v) is 1.15.